The van der Waals surface area contributed by atoms with Crippen LogP contribution in [0.1, 0.15) is 39.5 Å². The van der Waals surface area contributed by atoms with Gasteiger partial charge in [0.05, 0.1) is 5.75 Å². The maximum Gasteiger partial charge on any atom is 0.229 e. The fourth-order valence-corrected chi connectivity index (χ4v) is 1.66. The van der Waals surface area contributed by atoms with Crippen LogP contribution in [-0.2, 0) is 9.59 Å². The lowest BCUT2D eigenvalue weighted by Gasteiger charge is -2.05. The fraction of sp³-hybridized carbons (Fsp3) is 0.833. The summed E-state index contributed by atoms with van der Waals surface area (Å²) in [6, 6.07) is 0. The van der Waals surface area contributed by atoms with Crippen LogP contribution in [0.3, 0.4) is 0 Å². The van der Waals surface area contributed by atoms with Gasteiger partial charge in [0.25, 0.3) is 0 Å². The standard InChI is InChI=1S/C12H23NO2S/c1-10(2)11(14)7-5-4-6-8-13-12(15)9-16-3/h10H,4-9H2,1-3H3,(H,13,15). The Bertz CT molecular complexity index is 217. The Morgan fingerprint density at radius 2 is 1.88 bits per heavy atom. The van der Waals surface area contributed by atoms with E-state index in [0.29, 0.717) is 18.0 Å². The quantitative estimate of drug-likeness (QED) is 0.634. The number of nitrogens with one attached hydrogen (secondary N) is 1. The fourth-order valence-electron chi connectivity index (χ4n) is 1.30. The van der Waals surface area contributed by atoms with Crippen molar-refractivity contribution >= 4 is 23.5 Å². The van der Waals surface area contributed by atoms with Gasteiger partial charge in [0.2, 0.25) is 5.91 Å². The van der Waals surface area contributed by atoms with Crippen molar-refractivity contribution in [2.75, 3.05) is 18.6 Å². The van der Waals surface area contributed by atoms with Crippen LogP contribution in [0.4, 0.5) is 0 Å². The summed E-state index contributed by atoms with van der Waals surface area (Å²) in [5.74, 6) is 1.13. The first-order chi connectivity index (χ1) is 7.57. The molecule has 0 unspecified atom stereocenters. The highest BCUT2D eigenvalue weighted by atomic mass is 32.2. The van der Waals surface area contributed by atoms with E-state index in [0.717, 1.165) is 25.8 Å². The summed E-state index contributed by atoms with van der Waals surface area (Å²) >= 11 is 1.53. The van der Waals surface area contributed by atoms with Gasteiger partial charge >= 0.3 is 0 Å². The molecule has 0 aliphatic rings. The van der Waals surface area contributed by atoms with E-state index < -0.39 is 0 Å². The predicted molar refractivity (Wildman–Crippen MR) is 69.7 cm³/mol. The summed E-state index contributed by atoms with van der Waals surface area (Å²) in [5.41, 5.74) is 0. The molecule has 0 heterocycles. The van der Waals surface area contributed by atoms with E-state index in [1.54, 1.807) is 0 Å². The van der Waals surface area contributed by atoms with Gasteiger partial charge in [-0.3, -0.25) is 9.59 Å². The number of Topliss-reactive ketones (excluding diaryl/α,β-unsaturated/α-hetero) is 1. The number of thioether (sulfide) groups is 1. The number of hydrogen-bond acceptors (Lipinski definition) is 3. The number of ketones is 1. The Kier molecular flexibility index (Phi) is 9.39. The second kappa shape index (κ2) is 9.70. The molecule has 1 amide bonds. The van der Waals surface area contributed by atoms with Crippen LogP contribution in [0.2, 0.25) is 0 Å². The lowest BCUT2D eigenvalue weighted by molar-refractivity contribution is -0.122. The van der Waals surface area contributed by atoms with Gasteiger partial charge in [-0.25, -0.2) is 0 Å². The van der Waals surface area contributed by atoms with Gasteiger partial charge in [-0.15, -0.1) is 0 Å². The summed E-state index contributed by atoms with van der Waals surface area (Å²) in [7, 11) is 0. The number of carbonyl (C=O) groups is 2. The Hall–Kier alpha value is -0.510. The number of hydrogen-bond donors (Lipinski definition) is 1. The van der Waals surface area contributed by atoms with Gasteiger partial charge in [0, 0.05) is 18.9 Å². The summed E-state index contributed by atoms with van der Waals surface area (Å²) in [6.07, 6.45) is 5.51. The van der Waals surface area contributed by atoms with Crippen LogP contribution in [0.15, 0.2) is 0 Å². The molecule has 0 aliphatic carbocycles. The van der Waals surface area contributed by atoms with Crippen molar-refractivity contribution in [1.82, 2.24) is 5.32 Å². The molecule has 0 fully saturated rings. The molecule has 0 saturated heterocycles. The van der Waals surface area contributed by atoms with Crippen molar-refractivity contribution in [3.63, 3.8) is 0 Å². The first kappa shape index (κ1) is 15.5. The molecule has 0 aromatic carbocycles. The number of unbranched alkanes of at least 4 members (excludes halogenated alkanes) is 2. The van der Waals surface area contributed by atoms with Gasteiger partial charge in [-0.1, -0.05) is 20.3 Å². The molecular formula is C12H23NO2S. The third-order valence-electron chi connectivity index (χ3n) is 2.34. The number of carbonyl (C=O) groups excluding carboxylic acids is 2. The molecule has 0 rings (SSSR count). The molecule has 0 aromatic heterocycles. The van der Waals surface area contributed by atoms with Crippen LogP contribution >= 0.6 is 11.8 Å². The maximum absolute atomic E-state index is 11.3. The molecule has 4 heteroatoms. The first-order valence-electron chi connectivity index (χ1n) is 5.86. The largest absolute Gasteiger partial charge is 0.355 e. The minimum absolute atomic E-state index is 0.103. The Balaban J connectivity index is 3.28. The van der Waals surface area contributed by atoms with Crippen LogP contribution in [0, 0.1) is 5.92 Å². The molecule has 0 spiro atoms. The molecular weight excluding hydrogens is 222 g/mol. The molecule has 3 nitrogen and oxygen atoms in total. The number of rotatable bonds is 9. The minimum atomic E-state index is 0.103. The smallest absolute Gasteiger partial charge is 0.229 e. The second-order valence-electron chi connectivity index (χ2n) is 4.21. The lowest BCUT2D eigenvalue weighted by atomic mass is 10.0. The molecule has 0 bridgehead atoms. The first-order valence-corrected chi connectivity index (χ1v) is 7.25. The topological polar surface area (TPSA) is 46.2 Å². The summed E-state index contributed by atoms with van der Waals surface area (Å²) in [4.78, 5) is 22.4. The van der Waals surface area contributed by atoms with Crippen molar-refractivity contribution in [2.45, 2.75) is 39.5 Å². The molecule has 0 saturated carbocycles. The zero-order valence-electron chi connectivity index (χ0n) is 10.5. The summed E-state index contributed by atoms with van der Waals surface area (Å²) in [6.45, 7) is 4.60. The lowest BCUT2D eigenvalue weighted by Crippen LogP contribution is -2.26. The van der Waals surface area contributed by atoms with Crippen molar-refractivity contribution in [3.05, 3.63) is 0 Å². The molecule has 1 N–H and O–H groups in total. The van der Waals surface area contributed by atoms with Crippen molar-refractivity contribution in [1.29, 1.82) is 0 Å². The Morgan fingerprint density at radius 3 is 2.44 bits per heavy atom. The van der Waals surface area contributed by atoms with Gasteiger partial charge in [-0.05, 0) is 19.1 Å². The van der Waals surface area contributed by atoms with E-state index in [1.807, 2.05) is 20.1 Å². The third-order valence-corrected chi connectivity index (χ3v) is 2.89. The Labute approximate surface area is 103 Å². The third kappa shape index (κ3) is 8.77. The SMILES string of the molecule is CSCC(=O)NCCCCCC(=O)C(C)C. The molecule has 0 aromatic rings. The average molecular weight is 245 g/mol. The van der Waals surface area contributed by atoms with Crippen molar-refractivity contribution < 1.29 is 9.59 Å². The molecule has 0 radical (unpaired) electrons. The second-order valence-corrected chi connectivity index (χ2v) is 5.08. The zero-order chi connectivity index (χ0) is 12.4. The van der Waals surface area contributed by atoms with Crippen LogP contribution in [-0.4, -0.2) is 30.2 Å². The zero-order valence-corrected chi connectivity index (χ0v) is 11.4. The van der Waals surface area contributed by atoms with Gasteiger partial charge in [0.15, 0.2) is 0 Å². The van der Waals surface area contributed by atoms with E-state index in [1.165, 1.54) is 11.8 Å². The van der Waals surface area contributed by atoms with Gasteiger partial charge < -0.3 is 5.32 Å². The highest BCUT2D eigenvalue weighted by molar-refractivity contribution is 7.99. The van der Waals surface area contributed by atoms with E-state index in [9.17, 15) is 9.59 Å². The molecule has 16 heavy (non-hydrogen) atoms. The summed E-state index contributed by atoms with van der Waals surface area (Å²) in [5, 5.41) is 2.85. The minimum Gasteiger partial charge on any atom is -0.355 e. The van der Waals surface area contributed by atoms with Crippen molar-refractivity contribution in [2.24, 2.45) is 5.92 Å². The van der Waals surface area contributed by atoms with E-state index >= 15 is 0 Å². The normalized spacial score (nSPS) is 10.5. The van der Waals surface area contributed by atoms with Crippen LogP contribution in [0.25, 0.3) is 0 Å². The van der Waals surface area contributed by atoms with Gasteiger partial charge in [-0.2, -0.15) is 11.8 Å². The maximum atomic E-state index is 11.3. The highest BCUT2D eigenvalue weighted by Crippen LogP contribution is 2.05. The Morgan fingerprint density at radius 1 is 1.19 bits per heavy atom. The summed E-state index contributed by atoms with van der Waals surface area (Å²) < 4.78 is 0. The number of amides is 1. The average Bonchev–Trinajstić information content (AvgIpc) is 2.23. The van der Waals surface area contributed by atoms with Crippen LogP contribution in [0.5, 0.6) is 0 Å². The van der Waals surface area contributed by atoms with E-state index in [-0.39, 0.29) is 11.8 Å². The van der Waals surface area contributed by atoms with E-state index in [2.05, 4.69) is 5.32 Å². The highest BCUT2D eigenvalue weighted by Gasteiger charge is 2.05. The van der Waals surface area contributed by atoms with E-state index in [4.69, 9.17) is 0 Å². The molecule has 0 atom stereocenters. The monoisotopic (exact) mass is 245 g/mol. The molecule has 94 valence electrons. The van der Waals surface area contributed by atoms with Crippen LogP contribution < -0.4 is 5.32 Å². The predicted octanol–water partition coefficient (Wildman–Crippen LogP) is 2.25. The van der Waals surface area contributed by atoms with Crippen molar-refractivity contribution in [3.8, 4) is 0 Å². The molecule has 0 aliphatic heterocycles. The van der Waals surface area contributed by atoms with Gasteiger partial charge in [0.1, 0.15) is 5.78 Å².